The van der Waals surface area contributed by atoms with Crippen molar-refractivity contribution in [3.8, 4) is 0 Å². The second-order valence-electron chi connectivity index (χ2n) is 5.40. The van der Waals surface area contributed by atoms with E-state index in [2.05, 4.69) is 10.3 Å². The van der Waals surface area contributed by atoms with Gasteiger partial charge in [0.1, 0.15) is 11.6 Å². The second kappa shape index (κ2) is 5.60. The van der Waals surface area contributed by atoms with E-state index in [9.17, 15) is 9.18 Å². The zero-order valence-corrected chi connectivity index (χ0v) is 12.4. The van der Waals surface area contributed by atoms with Crippen LogP contribution in [0.3, 0.4) is 0 Å². The molecule has 1 N–H and O–H groups in total. The maximum absolute atomic E-state index is 12.9. The van der Waals surface area contributed by atoms with Gasteiger partial charge < -0.3 is 9.88 Å². The number of aromatic nitrogens is 2. The van der Waals surface area contributed by atoms with Gasteiger partial charge in [-0.1, -0.05) is 0 Å². The van der Waals surface area contributed by atoms with E-state index in [-0.39, 0.29) is 17.4 Å². The largest absolute Gasteiger partial charge is 0.340 e. The zero-order chi connectivity index (χ0) is 15.7. The fourth-order valence-corrected chi connectivity index (χ4v) is 2.43. The van der Waals surface area contributed by atoms with Crippen molar-refractivity contribution >= 4 is 22.4 Å². The van der Waals surface area contributed by atoms with Gasteiger partial charge in [-0.15, -0.1) is 0 Å². The van der Waals surface area contributed by atoms with Crippen molar-refractivity contribution < 1.29 is 4.39 Å². The molecule has 0 amide bonds. The molecule has 5 heteroatoms. The van der Waals surface area contributed by atoms with Crippen molar-refractivity contribution in [1.82, 2.24) is 9.55 Å². The number of nitrogens with one attached hydrogen (secondary N) is 1. The van der Waals surface area contributed by atoms with Gasteiger partial charge in [-0.25, -0.2) is 9.37 Å². The Morgan fingerprint density at radius 1 is 1.14 bits per heavy atom. The minimum atomic E-state index is -0.286. The Labute approximate surface area is 127 Å². The molecule has 0 bridgehead atoms. The first kappa shape index (κ1) is 14.3. The number of pyridine rings is 2. The molecule has 0 radical (unpaired) electrons. The molecule has 0 unspecified atom stereocenters. The van der Waals surface area contributed by atoms with Crippen molar-refractivity contribution in [2.24, 2.45) is 0 Å². The van der Waals surface area contributed by atoms with E-state index in [4.69, 9.17) is 0 Å². The maximum atomic E-state index is 12.9. The molecule has 0 atom stereocenters. The van der Waals surface area contributed by atoms with Gasteiger partial charge in [-0.05, 0) is 44.2 Å². The first-order valence-electron chi connectivity index (χ1n) is 7.08. The van der Waals surface area contributed by atoms with Crippen LogP contribution in [0.1, 0.15) is 19.9 Å². The van der Waals surface area contributed by atoms with Gasteiger partial charge in [0.15, 0.2) is 0 Å². The average Bonchev–Trinajstić information content (AvgIpc) is 2.49. The minimum Gasteiger partial charge on any atom is -0.340 e. The number of hydrogen-bond acceptors (Lipinski definition) is 3. The summed E-state index contributed by atoms with van der Waals surface area (Å²) in [6, 6.07) is 11.3. The Morgan fingerprint density at radius 2 is 1.86 bits per heavy atom. The third kappa shape index (κ3) is 2.70. The van der Waals surface area contributed by atoms with Gasteiger partial charge in [0.25, 0.3) is 5.56 Å². The Balaban J connectivity index is 2.06. The second-order valence-corrected chi connectivity index (χ2v) is 5.40. The highest BCUT2D eigenvalue weighted by Gasteiger charge is 2.08. The van der Waals surface area contributed by atoms with E-state index >= 15 is 0 Å². The molecular weight excluding hydrogens is 281 g/mol. The molecule has 4 nitrogen and oxygen atoms in total. The van der Waals surface area contributed by atoms with Crippen molar-refractivity contribution in [2.45, 2.75) is 19.9 Å². The van der Waals surface area contributed by atoms with Crippen molar-refractivity contribution in [3.05, 3.63) is 64.8 Å². The number of rotatable bonds is 3. The highest BCUT2D eigenvalue weighted by molar-refractivity contribution is 5.81. The van der Waals surface area contributed by atoms with Crippen LogP contribution in [0.25, 0.3) is 10.9 Å². The fourth-order valence-electron chi connectivity index (χ4n) is 2.43. The summed E-state index contributed by atoms with van der Waals surface area (Å²) in [5.41, 5.74) is 1.52. The lowest BCUT2D eigenvalue weighted by Gasteiger charge is -2.14. The summed E-state index contributed by atoms with van der Waals surface area (Å²) in [4.78, 5) is 16.4. The highest BCUT2D eigenvalue weighted by atomic mass is 19.1. The summed E-state index contributed by atoms with van der Waals surface area (Å²) >= 11 is 0. The minimum absolute atomic E-state index is 0.0403. The monoisotopic (exact) mass is 297 g/mol. The molecule has 0 saturated carbocycles. The van der Waals surface area contributed by atoms with Gasteiger partial charge in [-0.2, -0.15) is 0 Å². The molecule has 3 aromatic rings. The van der Waals surface area contributed by atoms with Gasteiger partial charge in [-0.3, -0.25) is 4.79 Å². The van der Waals surface area contributed by atoms with Gasteiger partial charge >= 0.3 is 0 Å². The van der Waals surface area contributed by atoms with E-state index in [1.54, 1.807) is 35.0 Å². The lowest BCUT2D eigenvalue weighted by molar-refractivity contribution is 0.600. The Morgan fingerprint density at radius 3 is 2.55 bits per heavy atom. The number of anilines is 2. The topological polar surface area (TPSA) is 46.9 Å². The van der Waals surface area contributed by atoms with Crippen LogP contribution in [0, 0.1) is 5.82 Å². The average molecular weight is 297 g/mol. The molecule has 2 aromatic heterocycles. The van der Waals surface area contributed by atoms with Crippen LogP contribution in [0.4, 0.5) is 15.9 Å². The maximum Gasteiger partial charge on any atom is 0.251 e. The SMILES string of the molecule is CC(C)n1c(=O)ccc2cnc(Nc3ccc(F)cc3)cc21. The van der Waals surface area contributed by atoms with E-state index in [0.29, 0.717) is 5.82 Å². The Hall–Kier alpha value is -2.69. The van der Waals surface area contributed by atoms with Crippen LogP contribution < -0.4 is 10.9 Å². The van der Waals surface area contributed by atoms with E-state index < -0.39 is 0 Å². The van der Waals surface area contributed by atoms with Crippen LogP contribution in [-0.4, -0.2) is 9.55 Å². The quantitative estimate of drug-likeness (QED) is 0.798. The van der Waals surface area contributed by atoms with Crippen LogP contribution in [0.2, 0.25) is 0 Å². The number of fused-ring (bicyclic) bond motifs is 1. The predicted octanol–water partition coefficient (Wildman–Crippen LogP) is 3.86. The summed E-state index contributed by atoms with van der Waals surface area (Å²) in [5.74, 6) is 0.324. The number of halogens is 1. The van der Waals surface area contributed by atoms with Crippen molar-refractivity contribution in [1.29, 1.82) is 0 Å². The van der Waals surface area contributed by atoms with Crippen LogP contribution in [-0.2, 0) is 0 Å². The van der Waals surface area contributed by atoms with E-state index in [1.807, 2.05) is 19.9 Å². The normalized spacial score (nSPS) is 11.1. The highest BCUT2D eigenvalue weighted by Crippen LogP contribution is 2.21. The van der Waals surface area contributed by atoms with Crippen molar-refractivity contribution in [2.75, 3.05) is 5.32 Å². The summed E-state index contributed by atoms with van der Waals surface area (Å²) in [7, 11) is 0. The van der Waals surface area contributed by atoms with Crippen LogP contribution in [0.5, 0.6) is 0 Å². The van der Waals surface area contributed by atoms with Crippen molar-refractivity contribution in [3.63, 3.8) is 0 Å². The lowest BCUT2D eigenvalue weighted by atomic mass is 10.2. The van der Waals surface area contributed by atoms with E-state index in [0.717, 1.165) is 16.6 Å². The number of benzene rings is 1. The summed E-state index contributed by atoms with van der Waals surface area (Å²) in [6.07, 6.45) is 1.72. The predicted molar refractivity (Wildman–Crippen MR) is 86.1 cm³/mol. The summed E-state index contributed by atoms with van der Waals surface area (Å²) in [6.45, 7) is 3.93. The molecule has 0 fully saturated rings. The smallest absolute Gasteiger partial charge is 0.251 e. The summed E-state index contributed by atoms with van der Waals surface area (Å²) < 4.78 is 14.7. The molecule has 0 aliphatic heterocycles. The van der Waals surface area contributed by atoms with Gasteiger partial charge in [0, 0.05) is 35.4 Å². The zero-order valence-electron chi connectivity index (χ0n) is 12.4. The first-order valence-corrected chi connectivity index (χ1v) is 7.08. The number of hydrogen-bond donors (Lipinski definition) is 1. The third-order valence-electron chi connectivity index (χ3n) is 3.45. The van der Waals surface area contributed by atoms with E-state index in [1.165, 1.54) is 12.1 Å². The number of nitrogens with zero attached hydrogens (tertiary/aromatic N) is 2. The molecule has 3 rings (SSSR count). The fraction of sp³-hybridized carbons (Fsp3) is 0.176. The molecule has 112 valence electrons. The lowest BCUT2D eigenvalue weighted by Crippen LogP contribution is -2.21. The summed E-state index contributed by atoms with van der Waals surface area (Å²) in [5, 5.41) is 4.02. The van der Waals surface area contributed by atoms with Crippen LogP contribution in [0.15, 0.2) is 53.5 Å². The molecule has 0 spiro atoms. The Bertz CT molecular complexity index is 869. The Kier molecular flexibility index (Phi) is 3.63. The third-order valence-corrected chi connectivity index (χ3v) is 3.45. The molecule has 0 aliphatic rings. The van der Waals surface area contributed by atoms with Gasteiger partial charge in [0.05, 0.1) is 5.52 Å². The molecule has 0 aliphatic carbocycles. The molecule has 22 heavy (non-hydrogen) atoms. The van der Waals surface area contributed by atoms with Crippen LogP contribution >= 0.6 is 0 Å². The molecule has 0 saturated heterocycles. The standard InChI is InChI=1S/C17H16FN3O/c1-11(2)21-15-9-16(19-10-12(15)3-8-17(21)22)20-14-6-4-13(18)5-7-14/h3-11H,1-2H3,(H,19,20). The van der Waals surface area contributed by atoms with Gasteiger partial charge in [0.2, 0.25) is 0 Å². The molecule has 1 aromatic carbocycles. The first-order chi connectivity index (χ1) is 10.5. The molecule has 2 heterocycles. The molecular formula is C17H16FN3O.